The van der Waals surface area contributed by atoms with Crippen LogP contribution < -0.4 is 0 Å². The highest BCUT2D eigenvalue weighted by molar-refractivity contribution is 6.30. The van der Waals surface area contributed by atoms with Gasteiger partial charge in [0.25, 0.3) is 5.91 Å². The van der Waals surface area contributed by atoms with E-state index in [1.54, 1.807) is 13.2 Å². The quantitative estimate of drug-likeness (QED) is 0.506. The molecule has 1 heterocycles. The lowest BCUT2D eigenvalue weighted by Crippen LogP contribution is -2.61. The summed E-state index contributed by atoms with van der Waals surface area (Å²) in [4.78, 5) is 15.7. The minimum absolute atomic E-state index is 0.0990. The normalized spacial score (nSPS) is 24.8. The summed E-state index contributed by atoms with van der Waals surface area (Å²) in [6.07, 6.45) is 3.19. The average Bonchev–Trinajstić information content (AvgIpc) is 2.77. The van der Waals surface area contributed by atoms with Crippen LogP contribution in [0.25, 0.3) is 0 Å². The Balaban J connectivity index is 2.24. The van der Waals surface area contributed by atoms with Crippen LogP contribution in [0.1, 0.15) is 49.3 Å². The van der Waals surface area contributed by atoms with Crippen LogP contribution in [0, 0.1) is 0 Å². The van der Waals surface area contributed by atoms with Crippen LogP contribution in [-0.2, 0) is 9.53 Å². The molecule has 0 aliphatic carbocycles. The SMILES string of the molecule is C=CCC1(OC)CC(c2cccc(Cl)c2)C(c2ccc(Cl)cc2)N(C(CC)CO)C1=O. The summed E-state index contributed by atoms with van der Waals surface area (Å²) >= 11 is 12.5. The number of hydrogen-bond donors (Lipinski definition) is 1. The number of nitrogens with zero attached hydrogens (tertiary/aromatic N) is 1. The molecule has 6 heteroatoms. The van der Waals surface area contributed by atoms with Crippen molar-refractivity contribution in [3.63, 3.8) is 0 Å². The van der Waals surface area contributed by atoms with Gasteiger partial charge in [-0.3, -0.25) is 4.79 Å². The zero-order valence-corrected chi connectivity index (χ0v) is 19.4. The summed E-state index contributed by atoms with van der Waals surface area (Å²) in [6.45, 7) is 5.69. The molecule has 0 bridgehead atoms. The minimum Gasteiger partial charge on any atom is -0.394 e. The highest BCUT2D eigenvalue weighted by Crippen LogP contribution is 2.50. The molecule has 4 atom stereocenters. The molecule has 1 fully saturated rings. The monoisotopic (exact) mass is 461 g/mol. The first-order valence-electron chi connectivity index (χ1n) is 10.5. The molecule has 1 aliphatic heterocycles. The molecule has 2 aromatic rings. The van der Waals surface area contributed by atoms with Gasteiger partial charge in [-0.15, -0.1) is 6.58 Å². The molecule has 166 valence electrons. The van der Waals surface area contributed by atoms with Crippen LogP contribution in [0.2, 0.25) is 10.0 Å². The number of rotatable bonds is 8. The van der Waals surface area contributed by atoms with Gasteiger partial charge >= 0.3 is 0 Å². The van der Waals surface area contributed by atoms with Crippen molar-refractivity contribution in [2.45, 2.75) is 49.8 Å². The molecule has 4 unspecified atom stereocenters. The topological polar surface area (TPSA) is 49.8 Å². The Hall–Kier alpha value is -1.85. The molecule has 2 aromatic carbocycles. The third-order valence-electron chi connectivity index (χ3n) is 6.28. The van der Waals surface area contributed by atoms with Gasteiger partial charge in [0.2, 0.25) is 0 Å². The van der Waals surface area contributed by atoms with Crippen molar-refractivity contribution < 1.29 is 14.6 Å². The third kappa shape index (κ3) is 4.68. The van der Waals surface area contributed by atoms with Gasteiger partial charge in [0, 0.05) is 29.5 Å². The Morgan fingerprint density at radius 3 is 2.48 bits per heavy atom. The summed E-state index contributed by atoms with van der Waals surface area (Å²) in [6, 6.07) is 14.6. The number of carbonyl (C=O) groups excluding carboxylic acids is 1. The number of aliphatic hydroxyl groups excluding tert-OH is 1. The Bertz CT molecular complexity index is 913. The maximum absolute atomic E-state index is 13.9. The highest BCUT2D eigenvalue weighted by atomic mass is 35.5. The number of halogens is 2. The van der Waals surface area contributed by atoms with Crippen LogP contribution in [0.5, 0.6) is 0 Å². The van der Waals surface area contributed by atoms with E-state index in [-0.39, 0.29) is 30.5 Å². The van der Waals surface area contributed by atoms with Gasteiger partial charge in [-0.05, 0) is 48.2 Å². The van der Waals surface area contributed by atoms with E-state index in [0.29, 0.717) is 29.3 Å². The zero-order valence-electron chi connectivity index (χ0n) is 17.9. The fourth-order valence-corrected chi connectivity index (χ4v) is 4.99. The van der Waals surface area contributed by atoms with Crippen LogP contribution >= 0.6 is 23.2 Å². The highest BCUT2D eigenvalue weighted by Gasteiger charge is 2.53. The molecule has 1 saturated heterocycles. The summed E-state index contributed by atoms with van der Waals surface area (Å²) in [7, 11) is 1.57. The first kappa shape index (κ1) is 23.8. The van der Waals surface area contributed by atoms with Crippen molar-refractivity contribution >= 4 is 29.1 Å². The second-order valence-electron chi connectivity index (χ2n) is 8.01. The number of piperidine rings is 1. The van der Waals surface area contributed by atoms with Crippen molar-refractivity contribution in [1.29, 1.82) is 0 Å². The molecule has 1 aliphatic rings. The Morgan fingerprint density at radius 1 is 1.23 bits per heavy atom. The lowest BCUT2D eigenvalue weighted by Gasteiger charge is -2.52. The number of carbonyl (C=O) groups is 1. The van der Waals surface area contributed by atoms with E-state index < -0.39 is 5.60 Å². The lowest BCUT2D eigenvalue weighted by atomic mass is 9.72. The van der Waals surface area contributed by atoms with Gasteiger partial charge in [0.1, 0.15) is 0 Å². The van der Waals surface area contributed by atoms with Crippen LogP contribution in [0.3, 0.4) is 0 Å². The van der Waals surface area contributed by atoms with Crippen LogP contribution in [0.4, 0.5) is 0 Å². The van der Waals surface area contributed by atoms with E-state index in [0.717, 1.165) is 11.1 Å². The molecule has 0 radical (unpaired) electrons. The minimum atomic E-state index is -1.06. The van der Waals surface area contributed by atoms with Crippen molar-refractivity contribution in [2.24, 2.45) is 0 Å². The maximum atomic E-state index is 13.9. The van der Waals surface area contributed by atoms with Crippen molar-refractivity contribution in [2.75, 3.05) is 13.7 Å². The molecule has 1 N–H and O–H groups in total. The standard InChI is InChI=1S/C25H29Cl2NO3/c1-4-13-25(31-3)15-22(18-7-6-8-20(27)14-18)23(17-9-11-19(26)12-10-17)28(24(25)30)21(5-2)16-29/h4,6-12,14,21-23,29H,1,5,13,15-16H2,2-3H3. The van der Waals surface area contributed by atoms with Gasteiger partial charge < -0.3 is 14.7 Å². The summed E-state index contributed by atoms with van der Waals surface area (Å²) < 4.78 is 5.89. The van der Waals surface area contributed by atoms with E-state index >= 15 is 0 Å². The molecular formula is C25H29Cl2NO3. The van der Waals surface area contributed by atoms with E-state index in [1.165, 1.54) is 0 Å². The number of ether oxygens (including phenoxy) is 1. The summed E-state index contributed by atoms with van der Waals surface area (Å²) in [5.41, 5.74) is 0.918. The molecule has 0 saturated carbocycles. The van der Waals surface area contributed by atoms with Gasteiger partial charge in [0.05, 0.1) is 18.7 Å². The van der Waals surface area contributed by atoms with Crippen molar-refractivity contribution in [3.05, 3.63) is 82.4 Å². The Kier molecular flexibility index (Phi) is 7.82. The van der Waals surface area contributed by atoms with E-state index in [4.69, 9.17) is 27.9 Å². The van der Waals surface area contributed by atoms with Crippen molar-refractivity contribution in [1.82, 2.24) is 4.90 Å². The second kappa shape index (κ2) is 10.2. The Morgan fingerprint density at radius 2 is 1.94 bits per heavy atom. The zero-order chi connectivity index (χ0) is 22.6. The molecule has 1 amide bonds. The molecular weight excluding hydrogens is 433 g/mol. The number of benzene rings is 2. The van der Waals surface area contributed by atoms with E-state index in [2.05, 4.69) is 6.58 Å². The number of methoxy groups -OCH3 is 1. The van der Waals surface area contributed by atoms with Crippen LogP contribution in [0.15, 0.2) is 61.2 Å². The van der Waals surface area contributed by atoms with E-state index in [9.17, 15) is 9.90 Å². The van der Waals surface area contributed by atoms with Gasteiger partial charge in [-0.25, -0.2) is 0 Å². The number of amides is 1. The average molecular weight is 462 g/mol. The molecule has 4 nitrogen and oxygen atoms in total. The predicted octanol–water partition coefficient (Wildman–Crippen LogP) is 5.78. The lowest BCUT2D eigenvalue weighted by molar-refractivity contribution is -0.173. The maximum Gasteiger partial charge on any atom is 0.256 e. The predicted molar refractivity (Wildman–Crippen MR) is 126 cm³/mol. The third-order valence-corrected chi connectivity index (χ3v) is 6.77. The van der Waals surface area contributed by atoms with Crippen molar-refractivity contribution in [3.8, 4) is 0 Å². The summed E-state index contributed by atoms with van der Waals surface area (Å²) in [5.74, 6) is -0.230. The molecule has 3 rings (SSSR count). The Labute approximate surface area is 194 Å². The first-order chi connectivity index (χ1) is 14.9. The summed E-state index contributed by atoms with van der Waals surface area (Å²) in [5, 5.41) is 11.4. The second-order valence-corrected chi connectivity index (χ2v) is 8.88. The fraction of sp³-hybridized carbons (Fsp3) is 0.400. The number of hydrogen-bond acceptors (Lipinski definition) is 3. The van der Waals surface area contributed by atoms with Gasteiger partial charge in [0.15, 0.2) is 5.60 Å². The smallest absolute Gasteiger partial charge is 0.256 e. The van der Waals surface area contributed by atoms with Crippen LogP contribution in [-0.4, -0.2) is 41.3 Å². The number of aliphatic hydroxyl groups is 1. The largest absolute Gasteiger partial charge is 0.394 e. The number of likely N-dealkylation sites (tertiary alicyclic amines) is 1. The molecule has 0 aromatic heterocycles. The van der Waals surface area contributed by atoms with E-state index in [1.807, 2.05) is 60.4 Å². The first-order valence-corrected chi connectivity index (χ1v) is 11.3. The molecule has 0 spiro atoms. The van der Waals surface area contributed by atoms with Gasteiger partial charge in [-0.2, -0.15) is 0 Å². The fourth-order valence-electron chi connectivity index (χ4n) is 4.66. The van der Waals surface area contributed by atoms with Gasteiger partial charge in [-0.1, -0.05) is 60.5 Å². The molecule has 31 heavy (non-hydrogen) atoms.